The van der Waals surface area contributed by atoms with Gasteiger partial charge in [0.15, 0.2) is 0 Å². The van der Waals surface area contributed by atoms with E-state index in [4.69, 9.17) is 9.47 Å². The summed E-state index contributed by atoms with van der Waals surface area (Å²) in [5, 5.41) is 8.01. The van der Waals surface area contributed by atoms with Gasteiger partial charge in [0.25, 0.3) is 0 Å². The Balaban J connectivity index is 1.71. The van der Waals surface area contributed by atoms with Crippen LogP contribution in [0.2, 0.25) is 0 Å². The molecule has 0 radical (unpaired) electrons. The molecule has 5 heteroatoms. The number of esters is 1. The van der Waals surface area contributed by atoms with Gasteiger partial charge in [-0.15, -0.1) is 10.2 Å². The Bertz CT molecular complexity index is 785. The summed E-state index contributed by atoms with van der Waals surface area (Å²) >= 11 is 0. The average molecular weight is 306 g/mol. The lowest BCUT2D eigenvalue weighted by atomic mass is 10.1. The van der Waals surface area contributed by atoms with Gasteiger partial charge in [-0.05, 0) is 30.3 Å². The van der Waals surface area contributed by atoms with Gasteiger partial charge in [-0.1, -0.05) is 30.3 Å². The van der Waals surface area contributed by atoms with Crippen LogP contribution in [0.3, 0.4) is 0 Å². The molecule has 2 aromatic carbocycles. The van der Waals surface area contributed by atoms with Crippen LogP contribution >= 0.6 is 0 Å². The molecule has 0 aliphatic heterocycles. The van der Waals surface area contributed by atoms with E-state index in [2.05, 4.69) is 10.2 Å². The molecule has 3 aromatic rings. The number of aromatic nitrogens is 2. The van der Waals surface area contributed by atoms with E-state index in [1.165, 1.54) is 0 Å². The zero-order chi connectivity index (χ0) is 16.1. The second kappa shape index (κ2) is 6.70. The van der Waals surface area contributed by atoms with Crippen molar-refractivity contribution in [2.24, 2.45) is 0 Å². The predicted octanol–water partition coefficient (Wildman–Crippen LogP) is 3.37. The first-order chi connectivity index (χ1) is 11.3. The highest BCUT2D eigenvalue weighted by Crippen LogP contribution is 2.18. The minimum Gasteiger partial charge on any atom is -0.497 e. The number of carbonyl (C=O) groups excluding carboxylic acids is 1. The standard InChI is InChI=1S/C18H14N2O3/c1-22-15-9-7-14(8-10-15)18(21)23-17-12-11-16(19-20-17)13-5-3-2-4-6-13/h2-12H,1H3. The van der Waals surface area contributed by atoms with Crippen molar-refractivity contribution in [3.63, 3.8) is 0 Å². The summed E-state index contributed by atoms with van der Waals surface area (Å²) in [5.41, 5.74) is 2.09. The minimum absolute atomic E-state index is 0.158. The number of ether oxygens (including phenoxy) is 2. The van der Waals surface area contributed by atoms with Crippen LogP contribution in [0.25, 0.3) is 11.3 Å². The highest BCUT2D eigenvalue weighted by molar-refractivity contribution is 5.91. The van der Waals surface area contributed by atoms with Crippen LogP contribution in [0.15, 0.2) is 66.7 Å². The van der Waals surface area contributed by atoms with E-state index in [1.54, 1.807) is 43.5 Å². The van der Waals surface area contributed by atoms with Crippen molar-refractivity contribution in [1.29, 1.82) is 0 Å². The number of nitrogens with zero attached hydrogens (tertiary/aromatic N) is 2. The predicted molar refractivity (Wildman–Crippen MR) is 85.4 cm³/mol. The van der Waals surface area contributed by atoms with Crippen molar-refractivity contribution in [2.45, 2.75) is 0 Å². The maximum absolute atomic E-state index is 12.0. The fraction of sp³-hybridized carbons (Fsp3) is 0.0556. The third kappa shape index (κ3) is 3.52. The van der Waals surface area contributed by atoms with Crippen molar-refractivity contribution in [3.05, 3.63) is 72.3 Å². The van der Waals surface area contributed by atoms with Gasteiger partial charge >= 0.3 is 5.97 Å². The fourth-order valence-electron chi connectivity index (χ4n) is 2.02. The van der Waals surface area contributed by atoms with Crippen LogP contribution in [0.4, 0.5) is 0 Å². The zero-order valence-corrected chi connectivity index (χ0v) is 12.5. The van der Waals surface area contributed by atoms with Gasteiger partial charge in [0.2, 0.25) is 5.88 Å². The maximum atomic E-state index is 12.0. The van der Waals surface area contributed by atoms with Gasteiger partial charge < -0.3 is 9.47 Å². The largest absolute Gasteiger partial charge is 0.497 e. The van der Waals surface area contributed by atoms with E-state index in [1.807, 2.05) is 30.3 Å². The zero-order valence-electron chi connectivity index (χ0n) is 12.5. The van der Waals surface area contributed by atoms with E-state index in [0.717, 1.165) is 11.3 Å². The number of carbonyl (C=O) groups is 1. The fourth-order valence-corrected chi connectivity index (χ4v) is 2.02. The summed E-state index contributed by atoms with van der Waals surface area (Å²) in [7, 11) is 1.57. The Kier molecular flexibility index (Phi) is 4.29. The topological polar surface area (TPSA) is 61.3 Å². The molecular weight excluding hydrogens is 292 g/mol. The lowest BCUT2D eigenvalue weighted by Gasteiger charge is -2.05. The Hall–Kier alpha value is -3.21. The monoisotopic (exact) mass is 306 g/mol. The quantitative estimate of drug-likeness (QED) is 0.692. The van der Waals surface area contributed by atoms with Crippen LogP contribution in [-0.4, -0.2) is 23.3 Å². The molecule has 23 heavy (non-hydrogen) atoms. The highest BCUT2D eigenvalue weighted by atomic mass is 16.5. The van der Waals surface area contributed by atoms with Crippen LogP contribution in [0, 0.1) is 0 Å². The first-order valence-corrected chi connectivity index (χ1v) is 7.01. The van der Waals surface area contributed by atoms with E-state index in [0.29, 0.717) is 11.3 Å². The number of rotatable bonds is 4. The lowest BCUT2D eigenvalue weighted by Crippen LogP contribution is -2.09. The molecule has 0 amide bonds. The van der Waals surface area contributed by atoms with Gasteiger partial charge in [0.1, 0.15) is 5.75 Å². The van der Waals surface area contributed by atoms with Gasteiger partial charge in [-0.25, -0.2) is 4.79 Å². The van der Waals surface area contributed by atoms with E-state index < -0.39 is 5.97 Å². The first-order valence-electron chi connectivity index (χ1n) is 7.01. The third-order valence-corrected chi connectivity index (χ3v) is 3.23. The molecule has 114 valence electrons. The summed E-state index contributed by atoms with van der Waals surface area (Å²) in [5.74, 6) is 0.341. The van der Waals surface area contributed by atoms with E-state index >= 15 is 0 Å². The molecule has 0 saturated heterocycles. The van der Waals surface area contributed by atoms with E-state index in [-0.39, 0.29) is 5.88 Å². The van der Waals surface area contributed by atoms with E-state index in [9.17, 15) is 4.79 Å². The summed E-state index contributed by atoms with van der Waals surface area (Å²) in [6.07, 6.45) is 0. The summed E-state index contributed by atoms with van der Waals surface area (Å²) in [6.45, 7) is 0. The normalized spacial score (nSPS) is 10.1. The lowest BCUT2D eigenvalue weighted by molar-refractivity contribution is 0.0726. The Labute approximate surface area is 133 Å². The number of methoxy groups -OCH3 is 1. The van der Waals surface area contributed by atoms with Gasteiger partial charge in [-0.3, -0.25) is 0 Å². The molecule has 0 unspecified atom stereocenters. The van der Waals surface area contributed by atoms with Gasteiger partial charge in [-0.2, -0.15) is 0 Å². The molecule has 0 saturated carbocycles. The van der Waals surface area contributed by atoms with Gasteiger partial charge in [0.05, 0.1) is 18.4 Å². The molecule has 0 fully saturated rings. The summed E-state index contributed by atoms with van der Waals surface area (Å²) in [4.78, 5) is 12.0. The van der Waals surface area contributed by atoms with Crippen LogP contribution < -0.4 is 9.47 Å². The molecule has 0 spiro atoms. The van der Waals surface area contributed by atoms with Crippen LogP contribution in [-0.2, 0) is 0 Å². The van der Waals surface area contributed by atoms with Crippen molar-refractivity contribution in [3.8, 4) is 22.9 Å². The number of hydrogen-bond donors (Lipinski definition) is 0. The molecule has 1 aromatic heterocycles. The Morgan fingerprint density at radius 2 is 1.61 bits per heavy atom. The molecule has 0 N–H and O–H groups in total. The highest BCUT2D eigenvalue weighted by Gasteiger charge is 2.10. The Morgan fingerprint density at radius 1 is 0.870 bits per heavy atom. The first kappa shape index (κ1) is 14.7. The summed E-state index contributed by atoms with van der Waals surface area (Å²) < 4.78 is 10.3. The SMILES string of the molecule is COc1ccc(C(=O)Oc2ccc(-c3ccccc3)nn2)cc1. The van der Waals surface area contributed by atoms with Gasteiger partial charge in [0, 0.05) is 11.6 Å². The van der Waals surface area contributed by atoms with Crippen molar-refractivity contribution >= 4 is 5.97 Å². The molecule has 3 rings (SSSR count). The molecule has 0 aliphatic carbocycles. The van der Waals surface area contributed by atoms with Crippen molar-refractivity contribution in [1.82, 2.24) is 10.2 Å². The smallest absolute Gasteiger partial charge is 0.344 e. The second-order valence-electron chi connectivity index (χ2n) is 4.74. The molecule has 0 bridgehead atoms. The molecular formula is C18H14N2O3. The van der Waals surface area contributed by atoms with Crippen LogP contribution in [0.1, 0.15) is 10.4 Å². The molecule has 1 heterocycles. The van der Waals surface area contributed by atoms with Crippen molar-refractivity contribution < 1.29 is 14.3 Å². The number of hydrogen-bond acceptors (Lipinski definition) is 5. The molecule has 0 aliphatic rings. The van der Waals surface area contributed by atoms with Crippen molar-refractivity contribution in [2.75, 3.05) is 7.11 Å². The Morgan fingerprint density at radius 3 is 2.22 bits per heavy atom. The van der Waals surface area contributed by atoms with Crippen LogP contribution in [0.5, 0.6) is 11.6 Å². The maximum Gasteiger partial charge on any atom is 0.344 e. The second-order valence-corrected chi connectivity index (χ2v) is 4.74. The average Bonchev–Trinajstić information content (AvgIpc) is 2.63. The third-order valence-electron chi connectivity index (χ3n) is 3.23. The molecule has 5 nitrogen and oxygen atoms in total. The minimum atomic E-state index is -0.491. The number of benzene rings is 2. The molecule has 0 atom stereocenters. The summed E-state index contributed by atoms with van der Waals surface area (Å²) in [6, 6.07) is 19.7.